The minimum absolute atomic E-state index is 0.0692. The Bertz CT molecular complexity index is 1310. The average molecular weight is 653 g/mol. The molecule has 0 radical (unpaired) electrons. The van der Waals surface area contributed by atoms with Gasteiger partial charge in [-0.25, -0.2) is 9.59 Å². The topological polar surface area (TPSA) is 111 Å². The summed E-state index contributed by atoms with van der Waals surface area (Å²) in [5.41, 5.74) is -1.67. The molecule has 2 aromatic rings. The summed E-state index contributed by atoms with van der Waals surface area (Å²) in [6.07, 6.45) is 0.128. The molecule has 4 atom stereocenters. The Hall–Kier alpha value is -3.50. The number of likely N-dealkylation sites (tertiary alicyclic amines) is 1. The van der Waals surface area contributed by atoms with Gasteiger partial charge in [0.1, 0.15) is 23.5 Å². The number of nitrogens with one attached hydrogen (secondary N) is 1. The smallest absolute Gasteiger partial charge is 0.411 e. The monoisotopic (exact) mass is 652 g/mol. The second-order valence-electron chi connectivity index (χ2n) is 15.1. The van der Waals surface area contributed by atoms with Gasteiger partial charge in [0.25, 0.3) is 8.32 Å². The molecule has 2 amide bonds. The van der Waals surface area contributed by atoms with E-state index in [1.165, 1.54) is 11.8 Å². The maximum atomic E-state index is 14.0. The van der Waals surface area contributed by atoms with E-state index in [-0.39, 0.29) is 30.4 Å². The van der Waals surface area contributed by atoms with Gasteiger partial charge in [0.05, 0.1) is 12.1 Å². The van der Waals surface area contributed by atoms with Gasteiger partial charge in [0, 0.05) is 25.9 Å². The highest BCUT2D eigenvalue weighted by Crippen LogP contribution is 2.40. The molecule has 9 nitrogen and oxygen atoms in total. The summed E-state index contributed by atoms with van der Waals surface area (Å²) in [4.78, 5) is 53.5. The van der Waals surface area contributed by atoms with Crippen LogP contribution in [0.2, 0.25) is 5.04 Å². The first-order valence-corrected chi connectivity index (χ1v) is 17.9. The molecule has 0 aliphatic carbocycles. The number of carbonyl (C=O) groups excluding carboxylic acids is 4. The van der Waals surface area contributed by atoms with Gasteiger partial charge < -0.3 is 24.0 Å². The van der Waals surface area contributed by atoms with Crippen molar-refractivity contribution in [3.8, 4) is 0 Å². The minimum atomic E-state index is -3.01. The zero-order valence-corrected chi connectivity index (χ0v) is 30.1. The van der Waals surface area contributed by atoms with Gasteiger partial charge in [-0.3, -0.25) is 9.69 Å². The molecule has 10 heteroatoms. The molecule has 1 aliphatic heterocycles. The molecule has 0 spiro atoms. The third-order valence-electron chi connectivity index (χ3n) is 8.03. The summed E-state index contributed by atoms with van der Waals surface area (Å²) in [6, 6.07) is 17.8. The van der Waals surface area contributed by atoms with Gasteiger partial charge in [-0.05, 0) is 63.4 Å². The van der Waals surface area contributed by atoms with E-state index in [1.807, 2.05) is 36.4 Å². The molecule has 1 N–H and O–H groups in total. The molecule has 3 rings (SSSR count). The van der Waals surface area contributed by atoms with Crippen molar-refractivity contribution in [3.05, 3.63) is 60.7 Å². The zero-order valence-electron chi connectivity index (χ0n) is 29.1. The number of ether oxygens (including phenoxy) is 2. The van der Waals surface area contributed by atoms with Crippen LogP contribution < -0.4 is 15.7 Å². The number of hydrogen-bond acceptors (Lipinski definition) is 7. The first kappa shape index (κ1) is 37.0. The predicted octanol–water partition coefficient (Wildman–Crippen LogP) is 4.99. The van der Waals surface area contributed by atoms with Gasteiger partial charge in [-0.2, -0.15) is 0 Å². The van der Waals surface area contributed by atoms with Crippen LogP contribution in [0.5, 0.6) is 0 Å². The van der Waals surface area contributed by atoms with Crippen molar-refractivity contribution in [2.75, 3.05) is 6.61 Å². The van der Waals surface area contributed by atoms with Crippen LogP contribution in [0, 0.1) is 5.92 Å². The van der Waals surface area contributed by atoms with Crippen LogP contribution in [0.25, 0.3) is 0 Å². The van der Waals surface area contributed by atoms with Gasteiger partial charge >= 0.3 is 12.1 Å². The average Bonchev–Trinajstić information content (AvgIpc) is 3.31. The molecule has 2 aromatic carbocycles. The minimum Gasteiger partial charge on any atom is -0.458 e. The van der Waals surface area contributed by atoms with Crippen LogP contribution in [0.15, 0.2) is 60.7 Å². The quantitative estimate of drug-likeness (QED) is 0.219. The number of carbonyl (C=O) groups is 4. The molecule has 252 valence electrons. The Morgan fingerprint density at radius 3 is 1.78 bits per heavy atom. The van der Waals surface area contributed by atoms with Crippen LogP contribution in [-0.4, -0.2) is 73.4 Å². The molecular weight excluding hydrogens is 600 g/mol. The molecule has 0 aromatic heterocycles. The Labute approximate surface area is 275 Å². The Morgan fingerprint density at radius 2 is 1.37 bits per heavy atom. The van der Waals surface area contributed by atoms with E-state index < -0.39 is 55.6 Å². The summed E-state index contributed by atoms with van der Waals surface area (Å²) < 4.78 is 18.9. The molecule has 0 unspecified atom stereocenters. The predicted molar refractivity (Wildman–Crippen MR) is 181 cm³/mol. The Balaban J connectivity index is 2.21. The maximum Gasteiger partial charge on any atom is 0.411 e. The normalized spacial score (nSPS) is 19.7. The largest absolute Gasteiger partial charge is 0.458 e. The standard InChI is InChI=1S/C36H52N2O7Si/c1-25(40)37-29(21-22-39)31-26(23-30(32(41)44-34(2,3)4)38(31)33(42)45-35(5,6)7)24-43-46(36(8,9)10,27-17-13-11-14-18-27)28-19-15-12-16-20-28/h11-20,22,26,29-31H,21,23-24H2,1-10H3,(H,37,40)/t26-,29+,30+,31+/m0/s1. The van der Waals surface area contributed by atoms with Crippen molar-refractivity contribution >= 4 is 42.9 Å². The van der Waals surface area contributed by atoms with E-state index in [0.717, 1.165) is 10.4 Å². The summed E-state index contributed by atoms with van der Waals surface area (Å²) in [5.74, 6) is -1.39. The van der Waals surface area contributed by atoms with Crippen molar-refractivity contribution < 1.29 is 33.1 Å². The first-order valence-electron chi connectivity index (χ1n) is 16.0. The van der Waals surface area contributed by atoms with Gasteiger partial charge in [-0.1, -0.05) is 81.4 Å². The van der Waals surface area contributed by atoms with E-state index in [9.17, 15) is 19.2 Å². The lowest BCUT2D eigenvalue weighted by Crippen LogP contribution is -2.67. The number of nitrogens with zero attached hydrogens (tertiary/aromatic N) is 1. The lowest BCUT2D eigenvalue weighted by Gasteiger charge is -2.44. The molecule has 46 heavy (non-hydrogen) atoms. The molecule has 1 aliphatic rings. The fourth-order valence-corrected chi connectivity index (χ4v) is 11.1. The third-order valence-corrected chi connectivity index (χ3v) is 13.0. The molecule has 1 heterocycles. The van der Waals surface area contributed by atoms with Crippen LogP contribution in [0.4, 0.5) is 4.79 Å². The van der Waals surface area contributed by atoms with Crippen molar-refractivity contribution in [1.29, 1.82) is 0 Å². The molecule has 1 saturated heterocycles. The van der Waals surface area contributed by atoms with Gasteiger partial charge in [-0.15, -0.1) is 0 Å². The van der Waals surface area contributed by atoms with E-state index >= 15 is 0 Å². The van der Waals surface area contributed by atoms with Crippen LogP contribution >= 0.6 is 0 Å². The zero-order chi connectivity index (χ0) is 34.5. The van der Waals surface area contributed by atoms with Gasteiger partial charge in [0.15, 0.2) is 0 Å². The third kappa shape index (κ3) is 8.85. The highest BCUT2D eigenvalue weighted by Gasteiger charge is 2.55. The van der Waals surface area contributed by atoms with E-state index in [0.29, 0.717) is 6.29 Å². The second kappa shape index (κ2) is 14.5. The fourth-order valence-electron chi connectivity index (χ4n) is 6.45. The van der Waals surface area contributed by atoms with Crippen LogP contribution in [-0.2, 0) is 28.3 Å². The van der Waals surface area contributed by atoms with E-state index in [2.05, 4.69) is 50.4 Å². The number of amides is 2. The van der Waals surface area contributed by atoms with E-state index in [1.54, 1.807) is 41.5 Å². The van der Waals surface area contributed by atoms with Crippen molar-refractivity contribution in [2.45, 2.75) is 116 Å². The fraction of sp³-hybridized carbons (Fsp3) is 0.556. The highest BCUT2D eigenvalue weighted by atomic mass is 28.4. The molecule has 0 saturated carbocycles. The number of aldehydes is 1. The van der Waals surface area contributed by atoms with Crippen molar-refractivity contribution in [3.63, 3.8) is 0 Å². The molecule has 0 bridgehead atoms. The van der Waals surface area contributed by atoms with E-state index in [4.69, 9.17) is 13.9 Å². The first-order chi connectivity index (χ1) is 21.3. The molecule has 1 fully saturated rings. The van der Waals surface area contributed by atoms with Crippen molar-refractivity contribution in [1.82, 2.24) is 10.2 Å². The summed E-state index contributed by atoms with van der Waals surface area (Å²) in [6.45, 7) is 18.6. The number of benzene rings is 2. The van der Waals surface area contributed by atoms with Crippen LogP contribution in [0.3, 0.4) is 0 Å². The maximum absolute atomic E-state index is 14.0. The second-order valence-corrected chi connectivity index (χ2v) is 19.4. The highest BCUT2D eigenvalue weighted by molar-refractivity contribution is 6.99. The molecular formula is C36H52N2O7Si. The Kier molecular flexibility index (Phi) is 11.7. The number of hydrogen-bond donors (Lipinski definition) is 1. The number of rotatable bonds is 10. The SMILES string of the molecule is CC(=O)N[C@H](CC=O)[C@H]1[C@H](CO[Si](c2ccccc2)(c2ccccc2)C(C)(C)C)C[C@H](C(=O)OC(C)(C)C)N1C(=O)OC(C)(C)C. The lowest BCUT2D eigenvalue weighted by molar-refractivity contribution is -0.160. The summed E-state index contributed by atoms with van der Waals surface area (Å²) >= 11 is 0. The lowest BCUT2D eigenvalue weighted by atomic mass is 9.92. The Morgan fingerprint density at radius 1 is 0.870 bits per heavy atom. The summed E-state index contributed by atoms with van der Waals surface area (Å²) in [5, 5.41) is 4.73. The van der Waals surface area contributed by atoms with Crippen LogP contribution in [0.1, 0.15) is 82.1 Å². The number of esters is 1. The summed E-state index contributed by atoms with van der Waals surface area (Å²) in [7, 11) is -3.01. The van der Waals surface area contributed by atoms with Gasteiger partial charge in [0.2, 0.25) is 5.91 Å². The van der Waals surface area contributed by atoms with Crippen molar-refractivity contribution in [2.24, 2.45) is 5.92 Å².